The van der Waals surface area contributed by atoms with E-state index in [2.05, 4.69) is 41.1 Å². The predicted molar refractivity (Wildman–Crippen MR) is 80.7 cm³/mol. The zero-order valence-electron chi connectivity index (χ0n) is 10.7. The highest BCUT2D eigenvalue weighted by molar-refractivity contribution is 9.10. The van der Waals surface area contributed by atoms with Gasteiger partial charge < -0.3 is 4.90 Å². The summed E-state index contributed by atoms with van der Waals surface area (Å²) in [4.78, 5) is 14.6. The van der Waals surface area contributed by atoms with E-state index in [0.29, 0.717) is 0 Å². The van der Waals surface area contributed by atoms with Crippen LogP contribution in [-0.2, 0) is 6.42 Å². The normalized spacial score (nSPS) is 13.5. The molecule has 19 heavy (non-hydrogen) atoms. The van der Waals surface area contributed by atoms with Gasteiger partial charge in [-0.3, -0.25) is 4.79 Å². The lowest BCUT2D eigenvalue weighted by atomic mass is 10.1. The molecule has 1 aliphatic heterocycles. The summed E-state index contributed by atoms with van der Waals surface area (Å²) in [5, 5.41) is 0. The van der Waals surface area contributed by atoms with Gasteiger partial charge in [0.05, 0.1) is 11.3 Å². The summed E-state index contributed by atoms with van der Waals surface area (Å²) in [6.07, 6.45) is 0.938. The molecule has 2 aromatic carbocycles. The third-order valence-electron chi connectivity index (χ3n) is 3.55. The fourth-order valence-corrected chi connectivity index (χ4v) is 3.09. The van der Waals surface area contributed by atoms with Gasteiger partial charge in [-0.05, 0) is 52.5 Å². The van der Waals surface area contributed by atoms with Gasteiger partial charge in [-0.2, -0.15) is 0 Å². The first kappa shape index (κ1) is 12.4. The van der Waals surface area contributed by atoms with Crippen molar-refractivity contribution in [3.05, 3.63) is 63.6 Å². The second kappa shape index (κ2) is 4.82. The molecule has 1 amide bonds. The Bertz CT molecular complexity index is 651. The minimum absolute atomic E-state index is 0.0699. The molecule has 0 saturated carbocycles. The zero-order chi connectivity index (χ0) is 13.4. The molecule has 0 fully saturated rings. The maximum atomic E-state index is 12.7. The monoisotopic (exact) mass is 315 g/mol. The Kier molecular flexibility index (Phi) is 3.15. The predicted octanol–water partition coefficient (Wildman–Crippen LogP) is 3.96. The van der Waals surface area contributed by atoms with E-state index in [-0.39, 0.29) is 5.91 Å². The number of aryl methyl sites for hydroxylation is 1. The van der Waals surface area contributed by atoms with Crippen molar-refractivity contribution in [3.63, 3.8) is 0 Å². The van der Waals surface area contributed by atoms with Crippen LogP contribution in [0.1, 0.15) is 21.5 Å². The number of amides is 1. The smallest absolute Gasteiger partial charge is 0.259 e. The zero-order valence-corrected chi connectivity index (χ0v) is 12.3. The van der Waals surface area contributed by atoms with Gasteiger partial charge in [0.2, 0.25) is 0 Å². The third-order valence-corrected chi connectivity index (χ3v) is 4.24. The maximum Gasteiger partial charge on any atom is 0.259 e. The molecule has 2 aromatic rings. The lowest BCUT2D eigenvalue weighted by molar-refractivity contribution is 0.0988. The van der Waals surface area contributed by atoms with Crippen molar-refractivity contribution >= 4 is 27.5 Å². The SMILES string of the molecule is Cc1cccc2c1N(C(=O)c1ccccc1Br)CC2. The summed E-state index contributed by atoms with van der Waals surface area (Å²) < 4.78 is 0.849. The van der Waals surface area contributed by atoms with Gasteiger partial charge in [-0.25, -0.2) is 0 Å². The first-order chi connectivity index (χ1) is 9.18. The number of carbonyl (C=O) groups is 1. The summed E-state index contributed by atoms with van der Waals surface area (Å²) in [6.45, 7) is 2.82. The maximum absolute atomic E-state index is 12.7. The van der Waals surface area contributed by atoms with Gasteiger partial charge in [-0.1, -0.05) is 30.3 Å². The topological polar surface area (TPSA) is 20.3 Å². The number of halogens is 1. The molecule has 0 N–H and O–H groups in total. The number of rotatable bonds is 1. The Balaban J connectivity index is 2.03. The lowest BCUT2D eigenvalue weighted by Crippen LogP contribution is -2.29. The molecule has 3 rings (SSSR count). The molecule has 96 valence electrons. The highest BCUT2D eigenvalue weighted by Gasteiger charge is 2.27. The summed E-state index contributed by atoms with van der Waals surface area (Å²) >= 11 is 3.45. The van der Waals surface area contributed by atoms with Gasteiger partial charge in [0.15, 0.2) is 0 Å². The number of carbonyl (C=O) groups excluding carboxylic acids is 1. The van der Waals surface area contributed by atoms with E-state index < -0.39 is 0 Å². The van der Waals surface area contributed by atoms with Gasteiger partial charge >= 0.3 is 0 Å². The van der Waals surface area contributed by atoms with E-state index in [1.807, 2.05) is 29.2 Å². The van der Waals surface area contributed by atoms with Crippen LogP contribution in [0.15, 0.2) is 46.9 Å². The number of para-hydroxylation sites is 1. The van der Waals surface area contributed by atoms with Gasteiger partial charge in [0.25, 0.3) is 5.91 Å². The number of hydrogen-bond acceptors (Lipinski definition) is 1. The van der Waals surface area contributed by atoms with Crippen LogP contribution >= 0.6 is 15.9 Å². The molecule has 1 aliphatic rings. The molecule has 0 saturated heterocycles. The average molecular weight is 316 g/mol. The third kappa shape index (κ3) is 2.08. The first-order valence-corrected chi connectivity index (χ1v) is 7.12. The summed E-state index contributed by atoms with van der Waals surface area (Å²) in [5.74, 6) is 0.0699. The summed E-state index contributed by atoms with van der Waals surface area (Å²) in [6, 6.07) is 13.8. The van der Waals surface area contributed by atoms with Crippen molar-refractivity contribution in [1.29, 1.82) is 0 Å². The van der Waals surface area contributed by atoms with E-state index in [0.717, 1.165) is 34.3 Å². The Labute approximate surface area is 121 Å². The highest BCUT2D eigenvalue weighted by Crippen LogP contribution is 2.33. The molecule has 0 aromatic heterocycles. The Morgan fingerprint density at radius 3 is 2.74 bits per heavy atom. The van der Waals surface area contributed by atoms with Crippen LogP contribution < -0.4 is 4.90 Å². The fraction of sp³-hybridized carbons (Fsp3) is 0.188. The number of anilines is 1. The second-order valence-corrected chi connectivity index (χ2v) is 5.62. The Morgan fingerprint density at radius 2 is 1.95 bits per heavy atom. The van der Waals surface area contributed by atoms with Crippen LogP contribution in [0.5, 0.6) is 0 Å². The summed E-state index contributed by atoms with van der Waals surface area (Å²) in [7, 11) is 0. The van der Waals surface area contributed by atoms with Crippen molar-refractivity contribution in [1.82, 2.24) is 0 Å². The molecule has 1 heterocycles. The van der Waals surface area contributed by atoms with Crippen molar-refractivity contribution in [2.24, 2.45) is 0 Å². The van der Waals surface area contributed by atoms with Crippen LogP contribution in [0.25, 0.3) is 0 Å². The molecule has 0 atom stereocenters. The number of fused-ring (bicyclic) bond motifs is 1. The average Bonchev–Trinajstić information content (AvgIpc) is 2.84. The van der Waals surface area contributed by atoms with Crippen LogP contribution in [0.3, 0.4) is 0 Å². The van der Waals surface area contributed by atoms with E-state index in [4.69, 9.17) is 0 Å². The lowest BCUT2D eigenvalue weighted by Gasteiger charge is -2.20. The van der Waals surface area contributed by atoms with Gasteiger partial charge in [0, 0.05) is 11.0 Å². The van der Waals surface area contributed by atoms with Crippen LogP contribution in [0.4, 0.5) is 5.69 Å². The van der Waals surface area contributed by atoms with Crippen LogP contribution in [0.2, 0.25) is 0 Å². The van der Waals surface area contributed by atoms with Crippen LogP contribution in [0, 0.1) is 6.92 Å². The fourth-order valence-electron chi connectivity index (χ4n) is 2.63. The van der Waals surface area contributed by atoms with Crippen molar-refractivity contribution in [2.45, 2.75) is 13.3 Å². The van der Waals surface area contributed by atoms with Gasteiger partial charge in [0.1, 0.15) is 0 Å². The molecule has 0 radical (unpaired) electrons. The number of nitrogens with zero attached hydrogens (tertiary/aromatic N) is 1. The molecule has 0 aliphatic carbocycles. The Morgan fingerprint density at radius 1 is 1.16 bits per heavy atom. The van der Waals surface area contributed by atoms with E-state index in [9.17, 15) is 4.79 Å². The summed E-state index contributed by atoms with van der Waals surface area (Å²) in [5.41, 5.74) is 4.23. The molecule has 0 spiro atoms. The molecule has 3 heteroatoms. The van der Waals surface area contributed by atoms with E-state index >= 15 is 0 Å². The second-order valence-electron chi connectivity index (χ2n) is 4.77. The molecule has 0 bridgehead atoms. The van der Waals surface area contributed by atoms with E-state index in [1.165, 1.54) is 5.56 Å². The molecular formula is C16H14BrNO. The largest absolute Gasteiger partial charge is 0.307 e. The van der Waals surface area contributed by atoms with Crippen molar-refractivity contribution < 1.29 is 4.79 Å². The Hall–Kier alpha value is -1.61. The molecule has 2 nitrogen and oxygen atoms in total. The first-order valence-electron chi connectivity index (χ1n) is 6.33. The van der Waals surface area contributed by atoms with E-state index in [1.54, 1.807) is 0 Å². The molecular weight excluding hydrogens is 302 g/mol. The number of benzene rings is 2. The van der Waals surface area contributed by atoms with Crippen molar-refractivity contribution in [2.75, 3.05) is 11.4 Å². The quantitative estimate of drug-likeness (QED) is 0.780. The van der Waals surface area contributed by atoms with Crippen LogP contribution in [-0.4, -0.2) is 12.5 Å². The standard InChI is InChI=1S/C16H14BrNO/c1-11-5-4-6-12-9-10-18(15(11)12)16(19)13-7-2-3-8-14(13)17/h2-8H,9-10H2,1H3. The van der Waals surface area contributed by atoms with Gasteiger partial charge in [-0.15, -0.1) is 0 Å². The minimum Gasteiger partial charge on any atom is -0.307 e. The number of hydrogen-bond donors (Lipinski definition) is 0. The van der Waals surface area contributed by atoms with Crippen molar-refractivity contribution in [3.8, 4) is 0 Å². The highest BCUT2D eigenvalue weighted by atomic mass is 79.9. The minimum atomic E-state index is 0.0699. The molecule has 0 unspecified atom stereocenters.